The number of fused-ring (bicyclic) bond motifs is 2. The Balaban J connectivity index is 1.62. The van der Waals surface area contributed by atoms with Crippen molar-refractivity contribution in [2.24, 2.45) is 5.73 Å². The predicted octanol–water partition coefficient (Wildman–Crippen LogP) is 4.58. The van der Waals surface area contributed by atoms with E-state index in [1.54, 1.807) is 18.2 Å². The molecule has 2 aromatic carbocycles. The number of rotatable bonds is 2. The summed E-state index contributed by atoms with van der Waals surface area (Å²) in [7, 11) is 0. The summed E-state index contributed by atoms with van der Waals surface area (Å²) in [5.74, 6) is -2.08. The number of aryl methyl sites for hydroxylation is 1. The SMILES string of the molecule is Cc1cccc2c(N3CCC(N)C3)cc(N3CCC(F)(F)c4ccccc4C3)nc12. The molecular formula is C24H26F2N4. The van der Waals surface area contributed by atoms with Crippen molar-refractivity contribution in [3.8, 4) is 0 Å². The van der Waals surface area contributed by atoms with Crippen LogP contribution in [0.15, 0.2) is 48.5 Å². The largest absolute Gasteiger partial charge is 0.369 e. The van der Waals surface area contributed by atoms with Gasteiger partial charge in [-0.3, -0.25) is 0 Å². The molecule has 1 aromatic heterocycles. The molecule has 0 amide bonds. The van der Waals surface area contributed by atoms with Gasteiger partial charge in [0.15, 0.2) is 0 Å². The molecule has 1 unspecified atom stereocenters. The second-order valence-corrected chi connectivity index (χ2v) is 8.50. The average molecular weight is 408 g/mol. The van der Waals surface area contributed by atoms with Gasteiger partial charge in [-0.25, -0.2) is 13.8 Å². The first-order chi connectivity index (χ1) is 14.4. The van der Waals surface area contributed by atoms with E-state index < -0.39 is 5.92 Å². The van der Waals surface area contributed by atoms with Gasteiger partial charge in [-0.05, 0) is 24.5 Å². The first kappa shape index (κ1) is 19.2. The number of hydrogen-bond donors (Lipinski definition) is 1. The molecule has 2 aliphatic heterocycles. The minimum Gasteiger partial charge on any atom is -0.369 e. The van der Waals surface area contributed by atoms with Crippen LogP contribution in [0.1, 0.15) is 29.5 Å². The molecule has 1 fully saturated rings. The van der Waals surface area contributed by atoms with Gasteiger partial charge in [0.05, 0.1) is 5.52 Å². The highest BCUT2D eigenvalue weighted by molar-refractivity contribution is 5.95. The Bertz CT molecular complexity index is 1100. The van der Waals surface area contributed by atoms with Gasteiger partial charge >= 0.3 is 0 Å². The van der Waals surface area contributed by atoms with E-state index in [1.165, 1.54) is 0 Å². The zero-order valence-electron chi connectivity index (χ0n) is 17.1. The van der Waals surface area contributed by atoms with Crippen LogP contribution in [0, 0.1) is 6.92 Å². The third-order valence-corrected chi connectivity index (χ3v) is 6.36. The van der Waals surface area contributed by atoms with Gasteiger partial charge in [-0.2, -0.15) is 0 Å². The van der Waals surface area contributed by atoms with Crippen LogP contribution in [-0.2, 0) is 12.5 Å². The fraction of sp³-hybridized carbons (Fsp3) is 0.375. The number of pyridine rings is 1. The number of alkyl halides is 2. The van der Waals surface area contributed by atoms with Crippen LogP contribution in [0.25, 0.3) is 10.9 Å². The average Bonchev–Trinajstić information content (AvgIpc) is 3.11. The summed E-state index contributed by atoms with van der Waals surface area (Å²) in [6.07, 6.45) is 0.732. The molecule has 6 heteroatoms. The molecule has 3 aromatic rings. The smallest absolute Gasteiger partial charge is 0.275 e. The highest BCUT2D eigenvalue weighted by Crippen LogP contribution is 2.39. The second kappa shape index (κ2) is 7.20. The van der Waals surface area contributed by atoms with E-state index in [1.807, 2.05) is 30.0 Å². The van der Waals surface area contributed by atoms with Gasteiger partial charge in [0, 0.05) is 61.3 Å². The maximum Gasteiger partial charge on any atom is 0.275 e. The van der Waals surface area contributed by atoms with E-state index in [2.05, 4.69) is 17.0 Å². The van der Waals surface area contributed by atoms with Crippen LogP contribution in [0.2, 0.25) is 0 Å². The van der Waals surface area contributed by atoms with Crippen molar-refractivity contribution < 1.29 is 8.78 Å². The van der Waals surface area contributed by atoms with Crippen LogP contribution in [0.5, 0.6) is 0 Å². The summed E-state index contributed by atoms with van der Waals surface area (Å²) in [5.41, 5.74) is 10.1. The molecular weight excluding hydrogens is 382 g/mol. The Hall–Kier alpha value is -2.73. The molecule has 2 aliphatic rings. The first-order valence-corrected chi connectivity index (χ1v) is 10.5. The first-order valence-electron chi connectivity index (χ1n) is 10.5. The highest BCUT2D eigenvalue weighted by Gasteiger charge is 2.37. The minimum atomic E-state index is -2.83. The van der Waals surface area contributed by atoms with Gasteiger partial charge in [0.25, 0.3) is 5.92 Å². The normalized spacial score (nSPS) is 21.0. The number of nitrogens with two attached hydrogens (primary N) is 1. The lowest BCUT2D eigenvalue weighted by Gasteiger charge is -2.26. The Kier molecular flexibility index (Phi) is 4.62. The van der Waals surface area contributed by atoms with Crippen LogP contribution in [-0.4, -0.2) is 30.7 Å². The fourth-order valence-electron chi connectivity index (χ4n) is 4.70. The van der Waals surface area contributed by atoms with E-state index in [-0.39, 0.29) is 24.6 Å². The summed E-state index contributed by atoms with van der Waals surface area (Å²) in [6, 6.07) is 15.3. The molecule has 2 N–H and O–H groups in total. The molecule has 5 rings (SSSR count). The number of hydrogen-bond acceptors (Lipinski definition) is 4. The van der Waals surface area contributed by atoms with Crippen LogP contribution in [0.3, 0.4) is 0 Å². The maximum atomic E-state index is 14.8. The molecule has 30 heavy (non-hydrogen) atoms. The lowest BCUT2D eigenvalue weighted by molar-refractivity contribution is -0.00967. The van der Waals surface area contributed by atoms with Gasteiger partial charge < -0.3 is 15.5 Å². The van der Waals surface area contributed by atoms with Crippen molar-refractivity contribution in [2.45, 2.75) is 38.3 Å². The number of halogens is 2. The lowest BCUT2D eigenvalue weighted by Crippen LogP contribution is -2.28. The summed E-state index contributed by atoms with van der Waals surface area (Å²) in [5, 5.41) is 1.09. The van der Waals surface area contributed by atoms with Crippen LogP contribution < -0.4 is 15.5 Å². The zero-order valence-corrected chi connectivity index (χ0v) is 17.1. The maximum absolute atomic E-state index is 14.8. The third kappa shape index (κ3) is 3.29. The van der Waals surface area contributed by atoms with Crippen LogP contribution in [0.4, 0.5) is 20.3 Å². The van der Waals surface area contributed by atoms with Gasteiger partial charge in [0.2, 0.25) is 0 Å². The predicted molar refractivity (Wildman–Crippen MR) is 117 cm³/mol. The van der Waals surface area contributed by atoms with Crippen LogP contribution >= 0.6 is 0 Å². The van der Waals surface area contributed by atoms with Crippen molar-refractivity contribution in [1.29, 1.82) is 0 Å². The summed E-state index contributed by atoms with van der Waals surface area (Å²) >= 11 is 0. The number of nitrogens with zero attached hydrogens (tertiary/aromatic N) is 3. The van der Waals surface area contributed by atoms with E-state index in [9.17, 15) is 8.78 Å². The molecule has 0 spiro atoms. The summed E-state index contributed by atoms with van der Waals surface area (Å²) in [6.45, 7) is 4.42. The van der Waals surface area contributed by atoms with E-state index >= 15 is 0 Å². The molecule has 4 nitrogen and oxygen atoms in total. The van der Waals surface area contributed by atoms with Gasteiger partial charge in [-0.15, -0.1) is 0 Å². The monoisotopic (exact) mass is 408 g/mol. The zero-order chi connectivity index (χ0) is 20.9. The Morgan fingerprint density at radius 3 is 2.70 bits per heavy atom. The van der Waals surface area contributed by atoms with Crippen molar-refractivity contribution in [3.05, 3.63) is 65.2 Å². The van der Waals surface area contributed by atoms with E-state index in [0.717, 1.165) is 47.5 Å². The second-order valence-electron chi connectivity index (χ2n) is 8.50. The third-order valence-electron chi connectivity index (χ3n) is 6.36. The highest BCUT2D eigenvalue weighted by atomic mass is 19.3. The van der Waals surface area contributed by atoms with Crippen molar-refractivity contribution >= 4 is 22.4 Å². The molecule has 1 atom stereocenters. The summed E-state index contributed by atoms with van der Waals surface area (Å²) in [4.78, 5) is 9.23. The lowest BCUT2D eigenvalue weighted by atomic mass is 10.0. The number of anilines is 2. The molecule has 0 aliphatic carbocycles. The quantitative estimate of drug-likeness (QED) is 0.674. The standard InChI is InChI=1S/C24H26F2N4/c1-16-5-4-7-19-21(29-11-9-18(27)15-29)13-22(28-23(16)19)30-12-10-24(25,26)20-8-3-2-6-17(20)14-30/h2-8,13,18H,9-12,14-15,27H2,1H3. The molecule has 0 saturated carbocycles. The topological polar surface area (TPSA) is 45.4 Å². The Morgan fingerprint density at radius 2 is 1.90 bits per heavy atom. The van der Waals surface area contributed by atoms with Crippen molar-refractivity contribution in [3.63, 3.8) is 0 Å². The van der Waals surface area contributed by atoms with E-state index in [4.69, 9.17) is 10.7 Å². The molecule has 3 heterocycles. The minimum absolute atomic E-state index is 0.134. The fourth-order valence-corrected chi connectivity index (χ4v) is 4.70. The molecule has 0 bridgehead atoms. The number of aromatic nitrogens is 1. The summed E-state index contributed by atoms with van der Waals surface area (Å²) < 4.78 is 29.5. The number of benzene rings is 2. The Morgan fingerprint density at radius 1 is 1.07 bits per heavy atom. The number of para-hydroxylation sites is 1. The van der Waals surface area contributed by atoms with Gasteiger partial charge in [0.1, 0.15) is 5.82 Å². The Labute approximate surface area is 175 Å². The molecule has 1 saturated heterocycles. The molecule has 0 radical (unpaired) electrons. The van der Waals surface area contributed by atoms with Crippen molar-refractivity contribution in [2.75, 3.05) is 29.4 Å². The van der Waals surface area contributed by atoms with E-state index in [0.29, 0.717) is 12.1 Å². The van der Waals surface area contributed by atoms with Gasteiger partial charge in [-0.1, -0.05) is 42.5 Å². The van der Waals surface area contributed by atoms with Crippen molar-refractivity contribution in [1.82, 2.24) is 4.98 Å². The molecule has 156 valence electrons.